The minimum Gasteiger partial charge on any atom is -0.478 e. The van der Waals surface area contributed by atoms with Crippen LogP contribution in [0.4, 0.5) is 5.95 Å². The molecule has 1 saturated heterocycles. The summed E-state index contributed by atoms with van der Waals surface area (Å²) in [7, 11) is 0. The van der Waals surface area contributed by atoms with Gasteiger partial charge in [-0.1, -0.05) is 12.1 Å². The van der Waals surface area contributed by atoms with Gasteiger partial charge in [0.05, 0.1) is 5.56 Å². The monoisotopic (exact) mass is 284 g/mol. The lowest BCUT2D eigenvalue weighted by atomic mass is 10.1. The number of nitrogens with one attached hydrogen (secondary N) is 1. The first-order chi connectivity index (χ1) is 10.2. The maximum Gasteiger partial charge on any atom is 0.335 e. The SMILES string of the molecule is O=C(O)c1ccc(-c2cnc(N3CCNCC3)nc2)cc1. The van der Waals surface area contributed by atoms with E-state index >= 15 is 0 Å². The Kier molecular flexibility index (Phi) is 3.79. The molecule has 0 spiro atoms. The summed E-state index contributed by atoms with van der Waals surface area (Å²) >= 11 is 0. The number of hydrogen-bond acceptors (Lipinski definition) is 5. The maximum atomic E-state index is 10.8. The summed E-state index contributed by atoms with van der Waals surface area (Å²) in [6, 6.07) is 6.71. The van der Waals surface area contributed by atoms with E-state index in [1.54, 1.807) is 36.7 Å². The minimum atomic E-state index is -0.924. The van der Waals surface area contributed by atoms with Crippen LogP contribution in [-0.4, -0.2) is 47.2 Å². The zero-order valence-electron chi connectivity index (χ0n) is 11.5. The maximum absolute atomic E-state index is 10.8. The largest absolute Gasteiger partial charge is 0.478 e. The van der Waals surface area contributed by atoms with E-state index in [1.165, 1.54) is 0 Å². The molecule has 1 aromatic heterocycles. The standard InChI is InChI=1S/C15H16N4O2/c20-14(21)12-3-1-11(2-4-12)13-9-17-15(18-10-13)19-7-5-16-6-8-19/h1-4,9-10,16H,5-8H2,(H,20,21). The van der Waals surface area contributed by atoms with Crippen LogP contribution in [0.25, 0.3) is 11.1 Å². The van der Waals surface area contributed by atoms with E-state index in [0.717, 1.165) is 43.3 Å². The molecule has 21 heavy (non-hydrogen) atoms. The van der Waals surface area contributed by atoms with Gasteiger partial charge in [-0.25, -0.2) is 14.8 Å². The Morgan fingerprint density at radius 1 is 1.05 bits per heavy atom. The third kappa shape index (κ3) is 3.00. The van der Waals surface area contributed by atoms with Gasteiger partial charge in [-0.15, -0.1) is 0 Å². The number of piperazine rings is 1. The highest BCUT2D eigenvalue weighted by atomic mass is 16.4. The zero-order valence-corrected chi connectivity index (χ0v) is 11.5. The number of carbonyl (C=O) groups is 1. The van der Waals surface area contributed by atoms with E-state index in [0.29, 0.717) is 0 Å². The van der Waals surface area contributed by atoms with E-state index in [9.17, 15) is 4.79 Å². The Morgan fingerprint density at radius 2 is 1.67 bits per heavy atom. The molecule has 6 heteroatoms. The van der Waals surface area contributed by atoms with Crippen LogP contribution in [0.2, 0.25) is 0 Å². The van der Waals surface area contributed by atoms with E-state index in [2.05, 4.69) is 20.2 Å². The Bertz CT molecular complexity index is 619. The van der Waals surface area contributed by atoms with Gasteiger partial charge in [-0.05, 0) is 17.7 Å². The van der Waals surface area contributed by atoms with Gasteiger partial charge in [0.2, 0.25) is 5.95 Å². The molecule has 1 aromatic carbocycles. The van der Waals surface area contributed by atoms with Crippen LogP contribution >= 0.6 is 0 Å². The first kappa shape index (κ1) is 13.5. The number of benzene rings is 1. The molecule has 0 aliphatic carbocycles. The van der Waals surface area contributed by atoms with Crippen molar-refractivity contribution in [2.45, 2.75) is 0 Å². The number of carboxylic acid groups (broad SMARTS) is 1. The lowest BCUT2D eigenvalue weighted by molar-refractivity contribution is 0.0697. The molecule has 0 bridgehead atoms. The van der Waals surface area contributed by atoms with Gasteiger partial charge in [0.15, 0.2) is 0 Å². The Hall–Kier alpha value is -2.47. The first-order valence-corrected chi connectivity index (χ1v) is 6.85. The molecule has 2 N–H and O–H groups in total. The van der Waals surface area contributed by atoms with Crippen LogP contribution in [-0.2, 0) is 0 Å². The van der Waals surface area contributed by atoms with Gasteiger partial charge in [0, 0.05) is 44.1 Å². The third-order valence-electron chi connectivity index (χ3n) is 3.50. The minimum absolute atomic E-state index is 0.275. The Morgan fingerprint density at radius 3 is 2.24 bits per heavy atom. The second kappa shape index (κ2) is 5.88. The number of carboxylic acids is 1. The van der Waals surface area contributed by atoms with Crippen molar-refractivity contribution in [1.29, 1.82) is 0 Å². The number of anilines is 1. The molecular formula is C15H16N4O2. The molecule has 0 amide bonds. The summed E-state index contributed by atoms with van der Waals surface area (Å²) in [5.41, 5.74) is 2.06. The first-order valence-electron chi connectivity index (χ1n) is 6.85. The van der Waals surface area contributed by atoms with Crippen molar-refractivity contribution in [2.75, 3.05) is 31.1 Å². The average Bonchev–Trinajstić information content (AvgIpc) is 2.56. The highest BCUT2D eigenvalue weighted by molar-refractivity contribution is 5.88. The fourth-order valence-corrected chi connectivity index (χ4v) is 2.30. The van der Waals surface area contributed by atoms with Crippen molar-refractivity contribution in [3.05, 3.63) is 42.2 Å². The number of aromatic carboxylic acids is 1. The number of rotatable bonds is 3. The van der Waals surface area contributed by atoms with Crippen molar-refractivity contribution >= 4 is 11.9 Å². The summed E-state index contributed by atoms with van der Waals surface area (Å²) in [5.74, 6) is -0.186. The summed E-state index contributed by atoms with van der Waals surface area (Å²) < 4.78 is 0. The van der Waals surface area contributed by atoms with Crippen LogP contribution in [0.15, 0.2) is 36.7 Å². The zero-order chi connectivity index (χ0) is 14.7. The molecule has 108 valence electrons. The summed E-state index contributed by atoms with van der Waals surface area (Å²) in [6.45, 7) is 3.71. The van der Waals surface area contributed by atoms with Gasteiger partial charge in [0.1, 0.15) is 0 Å². The summed E-state index contributed by atoms with van der Waals surface area (Å²) in [4.78, 5) is 21.8. The molecule has 2 aromatic rings. The molecule has 3 rings (SSSR count). The molecule has 2 heterocycles. The van der Waals surface area contributed by atoms with Gasteiger partial charge < -0.3 is 15.3 Å². The Labute approximate surface area is 122 Å². The van der Waals surface area contributed by atoms with Crippen LogP contribution < -0.4 is 10.2 Å². The predicted molar refractivity (Wildman–Crippen MR) is 79.5 cm³/mol. The van der Waals surface area contributed by atoms with Crippen LogP contribution in [0, 0.1) is 0 Å². The fourth-order valence-electron chi connectivity index (χ4n) is 2.30. The fraction of sp³-hybridized carbons (Fsp3) is 0.267. The predicted octanol–water partition coefficient (Wildman–Crippen LogP) is 1.25. The van der Waals surface area contributed by atoms with Gasteiger partial charge in [0.25, 0.3) is 0 Å². The van der Waals surface area contributed by atoms with E-state index in [-0.39, 0.29) is 5.56 Å². The molecule has 1 aliphatic rings. The van der Waals surface area contributed by atoms with Gasteiger partial charge in [-0.3, -0.25) is 0 Å². The van der Waals surface area contributed by atoms with Crippen molar-refractivity contribution in [1.82, 2.24) is 15.3 Å². The van der Waals surface area contributed by atoms with Gasteiger partial charge in [-0.2, -0.15) is 0 Å². The third-order valence-corrected chi connectivity index (χ3v) is 3.50. The van der Waals surface area contributed by atoms with Crippen LogP contribution in [0.5, 0.6) is 0 Å². The second-order valence-electron chi connectivity index (χ2n) is 4.89. The molecule has 0 radical (unpaired) electrons. The highest BCUT2D eigenvalue weighted by Gasteiger charge is 2.12. The van der Waals surface area contributed by atoms with E-state index in [4.69, 9.17) is 5.11 Å². The molecular weight excluding hydrogens is 268 g/mol. The van der Waals surface area contributed by atoms with Crippen LogP contribution in [0.1, 0.15) is 10.4 Å². The number of aromatic nitrogens is 2. The lowest BCUT2D eigenvalue weighted by Crippen LogP contribution is -2.44. The number of hydrogen-bond donors (Lipinski definition) is 2. The smallest absolute Gasteiger partial charge is 0.335 e. The van der Waals surface area contributed by atoms with Crippen LogP contribution in [0.3, 0.4) is 0 Å². The molecule has 6 nitrogen and oxygen atoms in total. The lowest BCUT2D eigenvalue weighted by Gasteiger charge is -2.27. The quantitative estimate of drug-likeness (QED) is 0.883. The van der Waals surface area contributed by atoms with Crippen molar-refractivity contribution in [2.24, 2.45) is 0 Å². The topological polar surface area (TPSA) is 78.3 Å². The van der Waals surface area contributed by atoms with Crippen molar-refractivity contribution in [3.63, 3.8) is 0 Å². The summed E-state index contributed by atoms with van der Waals surface area (Å²) in [5, 5.41) is 12.2. The van der Waals surface area contributed by atoms with E-state index in [1.807, 2.05) is 0 Å². The van der Waals surface area contributed by atoms with Crippen molar-refractivity contribution in [3.8, 4) is 11.1 Å². The second-order valence-corrected chi connectivity index (χ2v) is 4.89. The molecule has 0 atom stereocenters. The highest BCUT2D eigenvalue weighted by Crippen LogP contribution is 2.19. The molecule has 1 fully saturated rings. The molecule has 0 unspecified atom stereocenters. The van der Waals surface area contributed by atoms with Gasteiger partial charge >= 0.3 is 5.97 Å². The molecule has 1 aliphatic heterocycles. The summed E-state index contributed by atoms with van der Waals surface area (Å²) in [6.07, 6.45) is 3.56. The van der Waals surface area contributed by atoms with E-state index < -0.39 is 5.97 Å². The average molecular weight is 284 g/mol. The normalized spacial score (nSPS) is 15.0. The Balaban J connectivity index is 1.78. The number of nitrogens with zero attached hydrogens (tertiary/aromatic N) is 3. The molecule has 0 saturated carbocycles. The van der Waals surface area contributed by atoms with Crippen molar-refractivity contribution < 1.29 is 9.90 Å².